The van der Waals surface area contributed by atoms with E-state index < -0.39 is 0 Å². The molecular weight excluding hydrogens is 360 g/mol. The van der Waals surface area contributed by atoms with Crippen molar-refractivity contribution in [2.75, 3.05) is 0 Å². The van der Waals surface area contributed by atoms with Crippen molar-refractivity contribution >= 4 is 11.3 Å². The molecule has 3 aliphatic carbocycles. The van der Waals surface area contributed by atoms with E-state index in [-0.39, 0.29) is 10.8 Å². The number of hydrogen-bond acceptors (Lipinski definition) is 3. The van der Waals surface area contributed by atoms with Crippen molar-refractivity contribution in [1.29, 1.82) is 0 Å². The summed E-state index contributed by atoms with van der Waals surface area (Å²) >= 11 is 1.88. The van der Waals surface area contributed by atoms with Crippen LogP contribution in [-0.2, 0) is 10.8 Å². The van der Waals surface area contributed by atoms with Gasteiger partial charge in [-0.05, 0) is 78.4 Å². The highest BCUT2D eigenvalue weighted by molar-refractivity contribution is 7.10. The van der Waals surface area contributed by atoms with Gasteiger partial charge in [0.25, 0.3) is 0 Å². The number of nitrogens with zero attached hydrogens (tertiary/aromatic N) is 1. The molecule has 3 heteroatoms. The highest BCUT2D eigenvalue weighted by atomic mass is 32.1. The monoisotopic (exact) mass is 394 g/mol. The first-order valence-electron chi connectivity index (χ1n) is 11.1. The van der Waals surface area contributed by atoms with Crippen molar-refractivity contribution in [2.45, 2.75) is 95.4 Å². The molecule has 0 bridgehead atoms. The Balaban J connectivity index is 1.43. The van der Waals surface area contributed by atoms with Gasteiger partial charge in [-0.2, -0.15) is 0 Å². The van der Waals surface area contributed by atoms with E-state index >= 15 is 0 Å². The predicted molar refractivity (Wildman–Crippen MR) is 119 cm³/mol. The molecule has 2 fully saturated rings. The Hall–Kier alpha value is -1.19. The van der Waals surface area contributed by atoms with Crippen LogP contribution in [0, 0.1) is 5.41 Å². The summed E-state index contributed by atoms with van der Waals surface area (Å²) in [4.78, 5) is 5.13. The Morgan fingerprint density at radius 3 is 2.36 bits per heavy atom. The third kappa shape index (κ3) is 2.97. The molecule has 0 aliphatic heterocycles. The average molecular weight is 395 g/mol. The fraction of sp³-hybridized carbons (Fsp3) is 0.640. The molecule has 1 heterocycles. The molecular formula is C25H34N2S. The molecule has 0 amide bonds. The van der Waals surface area contributed by atoms with Crippen molar-refractivity contribution in [3.63, 3.8) is 0 Å². The van der Waals surface area contributed by atoms with Gasteiger partial charge in [0.2, 0.25) is 0 Å². The third-order valence-electron chi connectivity index (χ3n) is 8.18. The minimum absolute atomic E-state index is 0.251. The molecule has 1 spiro atoms. The van der Waals surface area contributed by atoms with E-state index in [1.54, 1.807) is 0 Å². The summed E-state index contributed by atoms with van der Waals surface area (Å²) in [6, 6.07) is 7.56. The van der Waals surface area contributed by atoms with E-state index in [0.29, 0.717) is 17.4 Å². The molecule has 1 unspecified atom stereocenters. The largest absolute Gasteiger partial charge is 0.328 e. The van der Waals surface area contributed by atoms with Crippen LogP contribution in [0.15, 0.2) is 23.6 Å². The number of rotatable bonds is 2. The molecule has 3 aliphatic rings. The number of fused-ring (bicyclic) bond motifs is 1. The van der Waals surface area contributed by atoms with Gasteiger partial charge in [0.1, 0.15) is 0 Å². The van der Waals surface area contributed by atoms with Gasteiger partial charge < -0.3 is 5.73 Å². The lowest BCUT2D eigenvalue weighted by atomic mass is 9.63. The van der Waals surface area contributed by atoms with Crippen LogP contribution in [0.2, 0.25) is 0 Å². The van der Waals surface area contributed by atoms with Gasteiger partial charge in [0.05, 0.1) is 10.7 Å². The molecule has 1 aromatic carbocycles. The second-order valence-corrected chi connectivity index (χ2v) is 11.9. The highest BCUT2D eigenvalue weighted by Crippen LogP contribution is 2.66. The zero-order valence-electron chi connectivity index (χ0n) is 17.8. The van der Waals surface area contributed by atoms with Crippen molar-refractivity contribution in [2.24, 2.45) is 11.1 Å². The van der Waals surface area contributed by atoms with Crippen molar-refractivity contribution < 1.29 is 0 Å². The van der Waals surface area contributed by atoms with Crippen LogP contribution in [0.25, 0.3) is 11.3 Å². The summed E-state index contributed by atoms with van der Waals surface area (Å²) in [5, 5.41) is 3.65. The molecule has 0 radical (unpaired) electrons. The van der Waals surface area contributed by atoms with Crippen LogP contribution >= 0.6 is 11.3 Å². The Labute approximate surface area is 174 Å². The standard InChI is InChI=1S/C25H34N2S/c1-23(2)11-12-24(3,4)19-13-16(5-6-18(19)23)21-15-28-22(27-21)20-14-25(20)9-7-17(26)8-10-25/h5-6,13,15,17,20H,7-12,14,26H2,1-4H3. The smallest absolute Gasteiger partial charge is 0.0969 e. The summed E-state index contributed by atoms with van der Waals surface area (Å²) in [7, 11) is 0. The van der Waals surface area contributed by atoms with E-state index in [0.717, 1.165) is 0 Å². The van der Waals surface area contributed by atoms with Crippen molar-refractivity contribution in [3.05, 3.63) is 39.7 Å². The number of hydrogen-bond donors (Lipinski definition) is 1. The van der Waals surface area contributed by atoms with Gasteiger partial charge in [-0.25, -0.2) is 4.98 Å². The van der Waals surface area contributed by atoms with Gasteiger partial charge >= 0.3 is 0 Å². The van der Waals surface area contributed by atoms with E-state index in [1.165, 1.54) is 72.3 Å². The fourth-order valence-electron chi connectivity index (χ4n) is 5.79. The summed E-state index contributed by atoms with van der Waals surface area (Å²) in [5.41, 5.74) is 12.7. The van der Waals surface area contributed by atoms with Gasteiger partial charge in [-0.1, -0.05) is 39.8 Å². The maximum atomic E-state index is 6.13. The summed E-state index contributed by atoms with van der Waals surface area (Å²) in [6.07, 6.45) is 8.85. The van der Waals surface area contributed by atoms with Crippen LogP contribution in [0.1, 0.15) is 94.7 Å². The molecule has 1 atom stereocenters. The van der Waals surface area contributed by atoms with Crippen LogP contribution in [0.5, 0.6) is 0 Å². The maximum Gasteiger partial charge on any atom is 0.0969 e. The van der Waals surface area contributed by atoms with Gasteiger partial charge in [0, 0.05) is 22.9 Å². The van der Waals surface area contributed by atoms with E-state index in [9.17, 15) is 0 Å². The van der Waals surface area contributed by atoms with Crippen LogP contribution in [0.3, 0.4) is 0 Å². The fourth-order valence-corrected chi connectivity index (χ4v) is 6.86. The maximum absolute atomic E-state index is 6.13. The first-order valence-corrected chi connectivity index (χ1v) is 11.9. The minimum atomic E-state index is 0.251. The molecule has 0 saturated heterocycles. The van der Waals surface area contributed by atoms with Gasteiger partial charge in [-0.3, -0.25) is 0 Å². The number of aromatic nitrogens is 1. The van der Waals surface area contributed by atoms with Crippen LogP contribution < -0.4 is 5.73 Å². The molecule has 2 aromatic rings. The SMILES string of the molecule is CC1(C)CCC(C)(C)c2cc(-c3csc(C4CC45CCC(N)CC5)n3)ccc21. The summed E-state index contributed by atoms with van der Waals surface area (Å²) < 4.78 is 0. The average Bonchev–Trinajstić information content (AvgIpc) is 3.13. The topological polar surface area (TPSA) is 38.9 Å². The lowest BCUT2D eigenvalue weighted by molar-refractivity contribution is 0.297. The minimum Gasteiger partial charge on any atom is -0.328 e. The Kier molecular flexibility index (Phi) is 4.13. The van der Waals surface area contributed by atoms with E-state index in [2.05, 4.69) is 51.3 Å². The van der Waals surface area contributed by atoms with Crippen LogP contribution in [0.4, 0.5) is 0 Å². The third-order valence-corrected chi connectivity index (χ3v) is 9.14. The Morgan fingerprint density at radius 2 is 1.64 bits per heavy atom. The lowest BCUT2D eigenvalue weighted by Crippen LogP contribution is -2.33. The second kappa shape index (κ2) is 6.15. The predicted octanol–water partition coefficient (Wildman–Crippen LogP) is 6.53. The summed E-state index contributed by atoms with van der Waals surface area (Å²) in [5.74, 6) is 0.687. The molecule has 28 heavy (non-hydrogen) atoms. The molecule has 1 aromatic heterocycles. The first-order chi connectivity index (χ1) is 13.2. The van der Waals surface area contributed by atoms with Gasteiger partial charge in [-0.15, -0.1) is 11.3 Å². The zero-order chi connectivity index (χ0) is 19.7. The molecule has 5 rings (SSSR count). The molecule has 2 nitrogen and oxygen atoms in total. The quantitative estimate of drug-likeness (QED) is 0.628. The van der Waals surface area contributed by atoms with E-state index in [1.807, 2.05) is 11.3 Å². The van der Waals surface area contributed by atoms with Crippen LogP contribution in [-0.4, -0.2) is 11.0 Å². The Bertz CT molecular complexity index is 899. The number of thiazole rings is 1. The summed E-state index contributed by atoms with van der Waals surface area (Å²) in [6.45, 7) is 9.59. The zero-order valence-corrected chi connectivity index (χ0v) is 18.7. The Morgan fingerprint density at radius 1 is 0.964 bits per heavy atom. The normalized spacial score (nSPS) is 27.5. The first kappa shape index (κ1) is 18.8. The molecule has 2 saturated carbocycles. The van der Waals surface area contributed by atoms with Gasteiger partial charge in [0.15, 0.2) is 0 Å². The van der Waals surface area contributed by atoms with Crippen molar-refractivity contribution in [3.8, 4) is 11.3 Å². The highest BCUT2D eigenvalue weighted by Gasteiger charge is 2.56. The van der Waals surface area contributed by atoms with Crippen molar-refractivity contribution in [1.82, 2.24) is 4.98 Å². The second-order valence-electron chi connectivity index (χ2n) is 11.1. The molecule has 2 N–H and O–H groups in total. The number of nitrogens with two attached hydrogens (primary N) is 1. The number of benzene rings is 1. The molecule has 150 valence electrons. The lowest BCUT2D eigenvalue weighted by Gasteiger charge is -2.42. The van der Waals surface area contributed by atoms with E-state index in [4.69, 9.17) is 10.7 Å².